The maximum absolute atomic E-state index is 4.53. The Balaban J connectivity index is 0.000000146. The highest BCUT2D eigenvalue weighted by Crippen LogP contribution is 2.60. The fraction of sp³-hybridized carbons (Fsp3) is 0.500. The summed E-state index contributed by atoms with van der Waals surface area (Å²) in [6.07, 6.45) is 17.5. The molecule has 0 saturated heterocycles. The van der Waals surface area contributed by atoms with E-state index in [2.05, 4.69) is 67.9 Å². The van der Waals surface area contributed by atoms with Crippen LogP contribution in [-0.4, -0.2) is 10.7 Å². The standard InChI is InChI=1S/C19H26.C11H11NS/c1-13-10-11-19(2)15(12-13)7-8-17-16-5-3-4-14(16)6-9-18(17)19;1-2-13-11-8-7-9-5-3-4-6-10(9)12-11/h10-12,14,16-18H,1,3-9H2,2H3;3-8H,2H2,1H3. The van der Waals surface area contributed by atoms with Crippen LogP contribution in [0.1, 0.15) is 58.8 Å². The number of allylic oxidation sites excluding steroid dienone is 5. The largest absolute Gasteiger partial charge is 0.241 e. The Morgan fingerprint density at radius 3 is 2.78 bits per heavy atom. The SMILES string of the molecule is C=C1C=CC2(C)C(=C1)CCC1C3CCCC3CCC12.CCSc1ccc2ccccc2n1. The van der Waals surface area contributed by atoms with Gasteiger partial charge in [0, 0.05) is 10.8 Å². The van der Waals surface area contributed by atoms with Crippen molar-refractivity contribution in [2.45, 2.75) is 63.8 Å². The smallest absolute Gasteiger partial charge is 0.0967 e. The van der Waals surface area contributed by atoms with Crippen LogP contribution in [0, 0.1) is 29.1 Å². The molecule has 2 heteroatoms. The molecule has 168 valence electrons. The molecule has 3 saturated carbocycles. The number of nitrogens with zero attached hydrogens (tertiary/aromatic N) is 1. The van der Waals surface area contributed by atoms with Crippen molar-refractivity contribution in [2.24, 2.45) is 29.1 Å². The minimum Gasteiger partial charge on any atom is -0.241 e. The van der Waals surface area contributed by atoms with Gasteiger partial charge in [0.1, 0.15) is 0 Å². The number of aromatic nitrogens is 1. The second-order valence-corrected chi connectivity index (χ2v) is 11.7. The Kier molecular flexibility index (Phi) is 6.34. The third-order valence-corrected chi connectivity index (χ3v) is 9.52. The van der Waals surface area contributed by atoms with E-state index in [1.807, 2.05) is 12.1 Å². The Labute approximate surface area is 198 Å². The molecule has 0 bridgehead atoms. The van der Waals surface area contributed by atoms with Crippen LogP contribution in [-0.2, 0) is 0 Å². The highest BCUT2D eigenvalue weighted by molar-refractivity contribution is 7.99. The fourth-order valence-corrected chi connectivity index (χ4v) is 7.79. The number of benzene rings is 1. The van der Waals surface area contributed by atoms with E-state index in [1.54, 1.807) is 17.3 Å². The minimum absolute atomic E-state index is 0.359. The van der Waals surface area contributed by atoms with Gasteiger partial charge in [-0.15, -0.1) is 11.8 Å². The van der Waals surface area contributed by atoms with Crippen LogP contribution >= 0.6 is 11.8 Å². The normalized spacial score (nSPS) is 32.9. The van der Waals surface area contributed by atoms with Crippen LogP contribution < -0.4 is 0 Å². The van der Waals surface area contributed by atoms with E-state index in [4.69, 9.17) is 0 Å². The van der Waals surface area contributed by atoms with Gasteiger partial charge < -0.3 is 0 Å². The first-order chi connectivity index (χ1) is 15.6. The first-order valence-corrected chi connectivity index (χ1v) is 13.6. The quantitative estimate of drug-likeness (QED) is 0.431. The summed E-state index contributed by atoms with van der Waals surface area (Å²) in [5.74, 6) is 5.15. The van der Waals surface area contributed by atoms with E-state index < -0.39 is 0 Å². The molecule has 4 aliphatic carbocycles. The van der Waals surface area contributed by atoms with E-state index in [-0.39, 0.29) is 0 Å². The Morgan fingerprint density at radius 1 is 1.03 bits per heavy atom. The molecule has 32 heavy (non-hydrogen) atoms. The van der Waals surface area contributed by atoms with Crippen LogP contribution in [0.5, 0.6) is 0 Å². The summed E-state index contributed by atoms with van der Waals surface area (Å²) < 4.78 is 0. The summed E-state index contributed by atoms with van der Waals surface area (Å²) in [7, 11) is 0. The summed E-state index contributed by atoms with van der Waals surface area (Å²) in [5.41, 5.74) is 4.33. The summed E-state index contributed by atoms with van der Waals surface area (Å²) in [6.45, 7) is 8.78. The monoisotopic (exact) mass is 443 g/mol. The number of thioether (sulfide) groups is 1. The van der Waals surface area contributed by atoms with Gasteiger partial charge in [0.25, 0.3) is 0 Å². The van der Waals surface area contributed by atoms with Crippen molar-refractivity contribution < 1.29 is 0 Å². The van der Waals surface area contributed by atoms with Gasteiger partial charge in [-0.2, -0.15) is 0 Å². The predicted octanol–water partition coefficient (Wildman–Crippen LogP) is 8.63. The lowest BCUT2D eigenvalue weighted by Crippen LogP contribution is -2.45. The Bertz CT molecular complexity index is 1050. The number of rotatable bonds is 2. The lowest BCUT2D eigenvalue weighted by atomic mass is 9.51. The molecule has 0 spiro atoms. The summed E-state index contributed by atoms with van der Waals surface area (Å²) in [5, 5.41) is 2.32. The van der Waals surface area contributed by atoms with Crippen LogP contribution in [0.4, 0.5) is 0 Å². The van der Waals surface area contributed by atoms with Crippen LogP contribution in [0.15, 0.2) is 77.4 Å². The molecule has 5 unspecified atom stereocenters. The van der Waals surface area contributed by atoms with Gasteiger partial charge >= 0.3 is 0 Å². The molecule has 0 amide bonds. The van der Waals surface area contributed by atoms with E-state index in [0.717, 1.165) is 40.0 Å². The van der Waals surface area contributed by atoms with Crippen molar-refractivity contribution in [3.63, 3.8) is 0 Å². The van der Waals surface area contributed by atoms with Gasteiger partial charge in [0.05, 0.1) is 10.5 Å². The molecule has 4 aliphatic rings. The molecule has 0 N–H and O–H groups in total. The summed E-state index contributed by atoms with van der Waals surface area (Å²) in [6, 6.07) is 12.4. The zero-order valence-corrected chi connectivity index (χ0v) is 20.5. The van der Waals surface area contributed by atoms with Crippen molar-refractivity contribution in [3.8, 4) is 0 Å². The molecular formula is C30H37NS. The molecule has 1 aromatic carbocycles. The second-order valence-electron chi connectivity index (χ2n) is 10.4. The summed E-state index contributed by atoms with van der Waals surface area (Å²) in [4.78, 5) is 4.53. The zero-order chi connectivity index (χ0) is 22.1. The summed E-state index contributed by atoms with van der Waals surface area (Å²) >= 11 is 1.78. The van der Waals surface area contributed by atoms with Crippen molar-refractivity contribution in [2.75, 3.05) is 5.75 Å². The second kappa shape index (κ2) is 9.21. The number of pyridine rings is 1. The molecule has 1 heterocycles. The van der Waals surface area contributed by atoms with Crippen LogP contribution in [0.2, 0.25) is 0 Å². The molecule has 0 radical (unpaired) electrons. The third-order valence-electron chi connectivity index (χ3n) is 8.71. The van der Waals surface area contributed by atoms with Crippen molar-refractivity contribution >= 4 is 22.7 Å². The Morgan fingerprint density at radius 2 is 1.91 bits per heavy atom. The molecule has 1 aromatic heterocycles. The molecule has 1 nitrogen and oxygen atoms in total. The van der Waals surface area contributed by atoms with Crippen molar-refractivity contribution in [3.05, 3.63) is 72.4 Å². The van der Waals surface area contributed by atoms with Gasteiger partial charge in [-0.1, -0.05) is 81.3 Å². The first-order valence-electron chi connectivity index (χ1n) is 12.7. The van der Waals surface area contributed by atoms with Gasteiger partial charge in [0.15, 0.2) is 0 Å². The Hall–Kier alpha value is -1.80. The van der Waals surface area contributed by atoms with Gasteiger partial charge in [-0.25, -0.2) is 4.98 Å². The predicted molar refractivity (Wildman–Crippen MR) is 139 cm³/mol. The average molecular weight is 444 g/mol. The maximum Gasteiger partial charge on any atom is 0.0967 e. The van der Waals surface area contributed by atoms with E-state index in [1.165, 1.54) is 55.9 Å². The lowest BCUT2D eigenvalue weighted by molar-refractivity contribution is 0.0304. The topological polar surface area (TPSA) is 12.9 Å². The lowest BCUT2D eigenvalue weighted by Gasteiger charge is -2.53. The van der Waals surface area contributed by atoms with Gasteiger partial charge in [-0.05, 0) is 79.2 Å². The molecular weight excluding hydrogens is 406 g/mol. The highest BCUT2D eigenvalue weighted by atomic mass is 32.2. The van der Waals surface area contributed by atoms with Crippen LogP contribution in [0.3, 0.4) is 0 Å². The van der Waals surface area contributed by atoms with Gasteiger partial charge in [0.2, 0.25) is 0 Å². The molecule has 5 atom stereocenters. The number of para-hydroxylation sites is 1. The molecule has 6 rings (SSSR count). The third kappa shape index (κ3) is 4.12. The van der Waals surface area contributed by atoms with E-state index in [9.17, 15) is 0 Å². The first kappa shape index (κ1) is 22.0. The molecule has 3 fully saturated rings. The number of hydrogen-bond acceptors (Lipinski definition) is 2. The van der Waals surface area contributed by atoms with E-state index in [0.29, 0.717) is 5.41 Å². The average Bonchev–Trinajstić information content (AvgIpc) is 3.29. The number of fused-ring (bicyclic) bond motifs is 6. The maximum atomic E-state index is 4.53. The minimum atomic E-state index is 0.359. The van der Waals surface area contributed by atoms with Crippen molar-refractivity contribution in [1.82, 2.24) is 4.98 Å². The highest BCUT2D eigenvalue weighted by Gasteiger charge is 2.51. The van der Waals surface area contributed by atoms with E-state index >= 15 is 0 Å². The molecule has 0 aliphatic heterocycles. The van der Waals surface area contributed by atoms with Crippen LogP contribution in [0.25, 0.3) is 10.9 Å². The molecule has 2 aromatic rings. The zero-order valence-electron chi connectivity index (χ0n) is 19.7. The fourth-order valence-electron chi connectivity index (χ4n) is 7.17. The van der Waals surface area contributed by atoms with Crippen molar-refractivity contribution in [1.29, 1.82) is 0 Å². The number of hydrogen-bond donors (Lipinski definition) is 0. The van der Waals surface area contributed by atoms with Gasteiger partial charge in [-0.3, -0.25) is 0 Å².